The lowest BCUT2D eigenvalue weighted by atomic mass is 9.84. The van der Waals surface area contributed by atoms with Crippen LogP contribution >= 0.6 is 0 Å². The van der Waals surface area contributed by atoms with E-state index in [-0.39, 0.29) is 0 Å². The van der Waals surface area contributed by atoms with Crippen molar-refractivity contribution < 1.29 is 0 Å². The number of hydrogen-bond acceptors (Lipinski definition) is 0. The highest BCUT2D eigenvalue weighted by Gasteiger charge is 2.38. The second-order valence-corrected chi connectivity index (χ2v) is 15.5. The lowest BCUT2D eigenvalue weighted by Gasteiger charge is -2.22. The van der Waals surface area contributed by atoms with Crippen LogP contribution in [-0.4, -0.2) is 8.07 Å². The molecule has 6 aromatic carbocycles. The average Bonchev–Trinajstić information content (AvgIpc) is 3.14. The molecule has 0 spiro atoms. The smallest absolute Gasteiger partial charge is 0.0623 e. The molecule has 0 aliphatic carbocycles. The third kappa shape index (κ3) is 3.27. The molecule has 0 N–H and O–H groups in total. The Kier molecular flexibility index (Phi) is 4.83. The fourth-order valence-electron chi connectivity index (χ4n) is 6.43. The van der Waals surface area contributed by atoms with Crippen molar-refractivity contribution in [2.24, 2.45) is 0 Å². The molecule has 178 valence electrons. The molecule has 0 atom stereocenters. The molecule has 0 aromatic heterocycles. The minimum atomic E-state index is -1.80. The third-order valence-corrected chi connectivity index (χ3v) is 11.9. The Bertz CT molecular complexity index is 1840. The van der Waals surface area contributed by atoms with Crippen molar-refractivity contribution in [2.75, 3.05) is 0 Å². The van der Waals surface area contributed by atoms with Gasteiger partial charge in [-0.2, -0.15) is 0 Å². The minimum Gasteiger partial charge on any atom is -0.0623 e. The van der Waals surface area contributed by atoms with E-state index in [9.17, 15) is 0 Å². The van der Waals surface area contributed by atoms with Gasteiger partial charge in [0.1, 0.15) is 8.07 Å². The summed E-state index contributed by atoms with van der Waals surface area (Å²) in [5, 5.41) is 8.46. The van der Waals surface area contributed by atoms with E-state index in [1.807, 2.05) is 0 Å². The summed E-state index contributed by atoms with van der Waals surface area (Å²) in [5.74, 6) is 0. The Hall–Kier alpha value is -3.94. The van der Waals surface area contributed by atoms with Crippen molar-refractivity contribution in [3.05, 3.63) is 120 Å². The van der Waals surface area contributed by atoms with Gasteiger partial charge in [-0.15, -0.1) is 0 Å². The van der Waals surface area contributed by atoms with Crippen LogP contribution in [0.2, 0.25) is 13.1 Å². The average molecular weight is 491 g/mol. The monoisotopic (exact) mass is 490 g/mol. The molecule has 37 heavy (non-hydrogen) atoms. The zero-order valence-electron chi connectivity index (χ0n) is 21.9. The molecule has 0 bridgehead atoms. The molecular formula is C36H30Si. The first-order valence-corrected chi connectivity index (χ1v) is 16.2. The van der Waals surface area contributed by atoms with Gasteiger partial charge in [0.2, 0.25) is 0 Å². The maximum Gasteiger partial charge on any atom is 0.113 e. The van der Waals surface area contributed by atoms with Gasteiger partial charge in [-0.3, -0.25) is 0 Å². The van der Waals surface area contributed by atoms with Crippen molar-refractivity contribution in [2.45, 2.75) is 26.9 Å². The predicted molar refractivity (Wildman–Crippen MR) is 164 cm³/mol. The van der Waals surface area contributed by atoms with Crippen molar-refractivity contribution in [3.63, 3.8) is 0 Å². The molecule has 1 heteroatoms. The molecule has 0 saturated heterocycles. The number of hydrogen-bond donors (Lipinski definition) is 0. The molecule has 0 unspecified atom stereocenters. The predicted octanol–water partition coefficient (Wildman–Crippen LogP) is 8.75. The van der Waals surface area contributed by atoms with Crippen LogP contribution in [0.15, 0.2) is 109 Å². The number of rotatable bonds is 2. The standard InChI is InChI=1S/C36H30Si/c1-23-13-17-25(18-14-23)35-28-10-5-6-11-29(28)36(26-19-15-24(2)16-20-26)32-22-34-30(21-31(32)35)27-9-7-8-12-33(27)37(34,3)4/h5-22H,1-4H3. The van der Waals surface area contributed by atoms with E-state index in [1.165, 1.54) is 66.1 Å². The molecular weight excluding hydrogens is 460 g/mol. The van der Waals surface area contributed by atoms with Gasteiger partial charge in [-0.1, -0.05) is 127 Å². The lowest BCUT2D eigenvalue weighted by molar-refractivity contribution is 1.47. The number of aryl methyl sites for hydroxylation is 2. The SMILES string of the molecule is Cc1ccc(-c2c3ccccc3c(-c3ccc(C)cc3)c3cc4c(cc23)-c2ccccc2[Si]4(C)C)cc1. The summed E-state index contributed by atoms with van der Waals surface area (Å²) in [5.41, 5.74) is 10.7. The molecule has 7 rings (SSSR count). The van der Waals surface area contributed by atoms with Gasteiger partial charge in [0.25, 0.3) is 0 Å². The molecule has 0 radical (unpaired) electrons. The molecule has 0 nitrogen and oxygen atoms in total. The van der Waals surface area contributed by atoms with Crippen molar-refractivity contribution in [3.8, 4) is 33.4 Å². The van der Waals surface area contributed by atoms with E-state index < -0.39 is 8.07 Å². The quantitative estimate of drug-likeness (QED) is 0.168. The van der Waals surface area contributed by atoms with E-state index in [1.54, 1.807) is 10.4 Å². The van der Waals surface area contributed by atoms with Gasteiger partial charge >= 0.3 is 0 Å². The molecule has 0 amide bonds. The maximum atomic E-state index is 2.57. The Morgan fingerprint density at radius 1 is 0.432 bits per heavy atom. The maximum absolute atomic E-state index is 2.57. The highest BCUT2D eigenvalue weighted by atomic mass is 28.3. The minimum absolute atomic E-state index is 1.28. The first-order chi connectivity index (χ1) is 17.9. The van der Waals surface area contributed by atoms with Crippen LogP contribution in [-0.2, 0) is 0 Å². The summed E-state index contributed by atoms with van der Waals surface area (Å²) >= 11 is 0. The lowest BCUT2D eigenvalue weighted by Crippen LogP contribution is -2.49. The summed E-state index contributed by atoms with van der Waals surface area (Å²) < 4.78 is 0. The van der Waals surface area contributed by atoms with E-state index in [4.69, 9.17) is 0 Å². The molecule has 1 heterocycles. The summed E-state index contributed by atoms with van der Waals surface area (Å²) in [4.78, 5) is 0. The van der Waals surface area contributed by atoms with Crippen LogP contribution in [0.3, 0.4) is 0 Å². The van der Waals surface area contributed by atoms with Crippen LogP contribution in [0, 0.1) is 13.8 Å². The molecule has 0 fully saturated rings. The second kappa shape index (κ2) is 8.03. The van der Waals surface area contributed by atoms with E-state index in [0.29, 0.717) is 0 Å². The topological polar surface area (TPSA) is 0 Å². The van der Waals surface area contributed by atoms with Gasteiger partial charge in [0.15, 0.2) is 0 Å². The Morgan fingerprint density at radius 2 is 0.919 bits per heavy atom. The third-order valence-electron chi connectivity index (χ3n) is 8.41. The first kappa shape index (κ1) is 22.3. The summed E-state index contributed by atoms with van der Waals surface area (Å²) in [6.07, 6.45) is 0. The Morgan fingerprint density at radius 3 is 1.49 bits per heavy atom. The van der Waals surface area contributed by atoms with E-state index >= 15 is 0 Å². The normalized spacial score (nSPS) is 13.6. The van der Waals surface area contributed by atoms with Gasteiger partial charge in [-0.25, -0.2) is 0 Å². The van der Waals surface area contributed by atoms with Crippen LogP contribution in [0.1, 0.15) is 11.1 Å². The van der Waals surface area contributed by atoms with Crippen molar-refractivity contribution in [1.82, 2.24) is 0 Å². The van der Waals surface area contributed by atoms with Gasteiger partial charge < -0.3 is 0 Å². The van der Waals surface area contributed by atoms with E-state index in [2.05, 4.69) is 136 Å². The van der Waals surface area contributed by atoms with Crippen LogP contribution in [0.4, 0.5) is 0 Å². The second-order valence-electron chi connectivity index (χ2n) is 11.1. The van der Waals surface area contributed by atoms with Crippen molar-refractivity contribution >= 4 is 40.0 Å². The van der Waals surface area contributed by atoms with Crippen LogP contribution < -0.4 is 10.4 Å². The Labute approximate surface area is 220 Å². The van der Waals surface area contributed by atoms with Crippen LogP contribution in [0.5, 0.6) is 0 Å². The number of benzene rings is 6. The zero-order chi connectivity index (χ0) is 25.3. The summed E-state index contributed by atoms with van der Waals surface area (Å²) in [6, 6.07) is 41.3. The van der Waals surface area contributed by atoms with Crippen LogP contribution in [0.25, 0.3) is 54.9 Å². The molecule has 1 aliphatic rings. The van der Waals surface area contributed by atoms with Crippen molar-refractivity contribution in [1.29, 1.82) is 0 Å². The highest BCUT2D eigenvalue weighted by Crippen LogP contribution is 2.45. The zero-order valence-corrected chi connectivity index (χ0v) is 22.9. The van der Waals surface area contributed by atoms with Gasteiger partial charge in [0.05, 0.1) is 0 Å². The largest absolute Gasteiger partial charge is 0.113 e. The van der Waals surface area contributed by atoms with Gasteiger partial charge in [-0.05, 0) is 85.2 Å². The first-order valence-electron chi connectivity index (χ1n) is 13.2. The Balaban J connectivity index is 1.70. The van der Waals surface area contributed by atoms with Gasteiger partial charge in [0, 0.05) is 0 Å². The number of fused-ring (bicyclic) bond motifs is 5. The molecule has 6 aromatic rings. The highest BCUT2D eigenvalue weighted by molar-refractivity contribution is 7.04. The fraction of sp³-hybridized carbons (Fsp3) is 0.111. The molecule has 1 aliphatic heterocycles. The summed E-state index contributed by atoms with van der Waals surface area (Å²) in [7, 11) is -1.80. The van der Waals surface area contributed by atoms with E-state index in [0.717, 1.165) is 0 Å². The fourth-order valence-corrected chi connectivity index (χ4v) is 9.51. The molecule has 0 saturated carbocycles. The summed E-state index contributed by atoms with van der Waals surface area (Å²) in [6.45, 7) is 9.35.